The summed E-state index contributed by atoms with van der Waals surface area (Å²) in [4.78, 5) is 23.2. The number of alkyl carbamates (subject to hydrolysis) is 1. The first-order valence-electron chi connectivity index (χ1n) is 7.41. The topological polar surface area (TPSA) is 75.6 Å². The van der Waals surface area contributed by atoms with Crippen LogP contribution in [-0.2, 0) is 22.6 Å². The third-order valence-corrected chi connectivity index (χ3v) is 3.77. The molecule has 126 valence electrons. The zero-order valence-electron chi connectivity index (χ0n) is 13.2. The van der Waals surface area contributed by atoms with Crippen LogP contribution < -0.4 is 5.32 Å². The fourth-order valence-corrected chi connectivity index (χ4v) is 2.44. The first-order valence-corrected chi connectivity index (χ1v) is 7.78. The van der Waals surface area contributed by atoms with Crippen molar-refractivity contribution < 1.29 is 19.4 Å². The maximum atomic E-state index is 11.8. The van der Waals surface area contributed by atoms with Crippen LogP contribution in [0.1, 0.15) is 16.7 Å². The van der Waals surface area contributed by atoms with E-state index in [-0.39, 0.29) is 13.0 Å². The summed E-state index contributed by atoms with van der Waals surface area (Å²) >= 11 is 5.89. The molecule has 24 heavy (non-hydrogen) atoms. The van der Waals surface area contributed by atoms with Gasteiger partial charge in [0.25, 0.3) is 0 Å². The van der Waals surface area contributed by atoms with Crippen LogP contribution in [0, 0.1) is 6.92 Å². The van der Waals surface area contributed by atoms with E-state index in [1.807, 2.05) is 37.3 Å². The number of amides is 1. The standard InChI is InChI=1S/C18H18ClNO4/c1-12-9-15(19)8-7-14(12)10-16(17(21)22)20-18(23)24-11-13-5-3-2-4-6-13/h2-9,16H,10-11H2,1H3,(H,20,23)(H,21,22). The molecule has 0 spiro atoms. The van der Waals surface area contributed by atoms with E-state index in [1.165, 1.54) is 0 Å². The molecular weight excluding hydrogens is 330 g/mol. The van der Waals surface area contributed by atoms with E-state index in [0.29, 0.717) is 5.02 Å². The second kappa shape index (κ2) is 8.36. The number of carbonyl (C=O) groups is 2. The van der Waals surface area contributed by atoms with Crippen LogP contribution in [0.4, 0.5) is 4.79 Å². The predicted octanol–water partition coefficient (Wildman–Crippen LogP) is 3.57. The number of carbonyl (C=O) groups excluding carboxylic acids is 1. The smallest absolute Gasteiger partial charge is 0.408 e. The third-order valence-electron chi connectivity index (χ3n) is 3.53. The molecule has 0 aliphatic rings. The number of nitrogens with one attached hydrogen (secondary N) is 1. The summed E-state index contributed by atoms with van der Waals surface area (Å²) in [6, 6.07) is 13.3. The molecule has 0 aliphatic carbocycles. The molecule has 0 radical (unpaired) electrons. The van der Waals surface area contributed by atoms with E-state index in [0.717, 1.165) is 16.7 Å². The van der Waals surface area contributed by atoms with Gasteiger partial charge in [-0.05, 0) is 35.7 Å². The Morgan fingerprint density at radius 1 is 1.21 bits per heavy atom. The fraction of sp³-hybridized carbons (Fsp3) is 0.222. The number of hydrogen-bond donors (Lipinski definition) is 2. The van der Waals surface area contributed by atoms with Crippen molar-refractivity contribution in [3.63, 3.8) is 0 Å². The molecule has 2 aromatic carbocycles. The lowest BCUT2D eigenvalue weighted by Gasteiger charge is -2.16. The summed E-state index contributed by atoms with van der Waals surface area (Å²) in [5.74, 6) is -1.12. The van der Waals surface area contributed by atoms with Crippen LogP contribution in [0.5, 0.6) is 0 Å². The van der Waals surface area contributed by atoms with Crippen molar-refractivity contribution >= 4 is 23.7 Å². The van der Waals surface area contributed by atoms with Gasteiger partial charge in [0.15, 0.2) is 0 Å². The van der Waals surface area contributed by atoms with Crippen molar-refractivity contribution in [2.24, 2.45) is 0 Å². The highest BCUT2D eigenvalue weighted by Gasteiger charge is 2.22. The van der Waals surface area contributed by atoms with Gasteiger partial charge in [0.05, 0.1) is 0 Å². The lowest BCUT2D eigenvalue weighted by molar-refractivity contribution is -0.139. The Morgan fingerprint density at radius 2 is 1.92 bits per heavy atom. The average molecular weight is 348 g/mol. The van der Waals surface area contributed by atoms with Gasteiger partial charge in [0.1, 0.15) is 12.6 Å². The molecule has 6 heteroatoms. The maximum Gasteiger partial charge on any atom is 0.408 e. The number of hydrogen-bond acceptors (Lipinski definition) is 3. The van der Waals surface area contributed by atoms with E-state index in [9.17, 15) is 14.7 Å². The monoisotopic (exact) mass is 347 g/mol. The summed E-state index contributed by atoms with van der Waals surface area (Å²) in [6.45, 7) is 1.92. The number of halogens is 1. The van der Waals surface area contributed by atoms with Gasteiger partial charge in [0.2, 0.25) is 0 Å². The van der Waals surface area contributed by atoms with Crippen LogP contribution in [0.3, 0.4) is 0 Å². The van der Waals surface area contributed by atoms with Crippen molar-refractivity contribution in [1.82, 2.24) is 5.32 Å². The minimum atomic E-state index is -1.12. The summed E-state index contributed by atoms with van der Waals surface area (Å²) in [5, 5.41) is 12.3. The average Bonchev–Trinajstić information content (AvgIpc) is 2.55. The van der Waals surface area contributed by atoms with Crippen LogP contribution in [0.15, 0.2) is 48.5 Å². The zero-order valence-corrected chi connectivity index (χ0v) is 13.9. The van der Waals surface area contributed by atoms with Gasteiger partial charge in [-0.3, -0.25) is 0 Å². The lowest BCUT2D eigenvalue weighted by Crippen LogP contribution is -2.42. The van der Waals surface area contributed by atoms with Crippen LogP contribution in [0.2, 0.25) is 5.02 Å². The summed E-state index contributed by atoms with van der Waals surface area (Å²) in [6.07, 6.45) is -0.614. The normalized spacial score (nSPS) is 11.6. The Labute approximate surface area is 145 Å². The first-order chi connectivity index (χ1) is 11.5. The Balaban J connectivity index is 1.95. The number of ether oxygens (including phenoxy) is 1. The van der Waals surface area contributed by atoms with Crippen LogP contribution in [-0.4, -0.2) is 23.2 Å². The highest BCUT2D eigenvalue weighted by Crippen LogP contribution is 2.17. The molecule has 0 heterocycles. The number of rotatable bonds is 6. The largest absolute Gasteiger partial charge is 0.480 e. The number of aryl methyl sites for hydroxylation is 1. The van der Waals surface area contributed by atoms with E-state index in [2.05, 4.69) is 5.32 Å². The highest BCUT2D eigenvalue weighted by atomic mass is 35.5. The quantitative estimate of drug-likeness (QED) is 0.837. The van der Waals surface area contributed by atoms with Gasteiger partial charge >= 0.3 is 12.1 Å². The summed E-state index contributed by atoms with van der Waals surface area (Å²) < 4.78 is 5.06. The van der Waals surface area contributed by atoms with E-state index in [1.54, 1.807) is 18.2 Å². The predicted molar refractivity (Wildman–Crippen MR) is 91.1 cm³/mol. The van der Waals surface area contributed by atoms with E-state index in [4.69, 9.17) is 16.3 Å². The summed E-state index contributed by atoms with van der Waals surface area (Å²) in [7, 11) is 0. The fourth-order valence-electron chi connectivity index (χ4n) is 2.22. The van der Waals surface area contributed by atoms with Gasteiger partial charge in [-0.1, -0.05) is 48.0 Å². The number of carboxylic acid groups (broad SMARTS) is 1. The highest BCUT2D eigenvalue weighted by molar-refractivity contribution is 6.30. The molecule has 1 amide bonds. The molecule has 2 N–H and O–H groups in total. The molecule has 0 aliphatic heterocycles. The van der Waals surface area contributed by atoms with Crippen molar-refractivity contribution in [2.75, 3.05) is 0 Å². The van der Waals surface area contributed by atoms with E-state index >= 15 is 0 Å². The first kappa shape index (κ1) is 17.8. The molecule has 0 saturated carbocycles. The van der Waals surface area contributed by atoms with Crippen molar-refractivity contribution in [2.45, 2.75) is 26.0 Å². The van der Waals surface area contributed by atoms with Gasteiger partial charge in [-0.15, -0.1) is 0 Å². The molecule has 2 aromatic rings. The maximum absolute atomic E-state index is 11.8. The van der Waals surface area contributed by atoms with Crippen molar-refractivity contribution in [3.8, 4) is 0 Å². The molecule has 1 unspecified atom stereocenters. The minimum Gasteiger partial charge on any atom is -0.480 e. The Hall–Kier alpha value is -2.53. The van der Waals surface area contributed by atoms with Gasteiger partial charge in [0, 0.05) is 11.4 Å². The van der Waals surface area contributed by atoms with Gasteiger partial charge in [-0.25, -0.2) is 9.59 Å². The molecule has 0 fully saturated rings. The van der Waals surface area contributed by atoms with Crippen molar-refractivity contribution in [3.05, 3.63) is 70.2 Å². The molecule has 0 aromatic heterocycles. The van der Waals surface area contributed by atoms with Gasteiger partial charge < -0.3 is 15.2 Å². The molecule has 2 rings (SSSR count). The lowest BCUT2D eigenvalue weighted by atomic mass is 10.0. The number of carboxylic acids is 1. The minimum absolute atomic E-state index is 0.0823. The third kappa shape index (κ3) is 5.28. The van der Waals surface area contributed by atoms with Crippen molar-refractivity contribution in [1.29, 1.82) is 0 Å². The van der Waals surface area contributed by atoms with Crippen LogP contribution >= 0.6 is 11.6 Å². The molecule has 0 bridgehead atoms. The van der Waals surface area contributed by atoms with E-state index < -0.39 is 18.1 Å². The Morgan fingerprint density at radius 3 is 2.54 bits per heavy atom. The SMILES string of the molecule is Cc1cc(Cl)ccc1CC(NC(=O)OCc1ccccc1)C(=O)O. The molecule has 5 nitrogen and oxygen atoms in total. The zero-order chi connectivity index (χ0) is 17.5. The Kier molecular flexibility index (Phi) is 6.21. The second-order valence-corrected chi connectivity index (χ2v) is 5.81. The number of benzene rings is 2. The molecule has 1 atom stereocenters. The molecule has 0 saturated heterocycles. The van der Waals surface area contributed by atoms with Gasteiger partial charge in [-0.2, -0.15) is 0 Å². The summed E-state index contributed by atoms with van der Waals surface area (Å²) in [5.41, 5.74) is 2.50. The molecular formula is C18H18ClNO4. The second-order valence-electron chi connectivity index (χ2n) is 5.37. The number of aliphatic carboxylic acids is 1. The van der Waals surface area contributed by atoms with Crippen LogP contribution in [0.25, 0.3) is 0 Å². The Bertz CT molecular complexity index is 718.